The molecule has 5 rings (SSSR count). The number of aliphatic hydroxyl groups is 1. The molecule has 3 heterocycles. The molecule has 0 aromatic heterocycles. The van der Waals surface area contributed by atoms with Crippen molar-refractivity contribution >= 4 is 23.8 Å². The Balaban J connectivity index is 1.23. The van der Waals surface area contributed by atoms with Crippen LogP contribution < -0.4 is 15.4 Å². The number of benzene rings is 2. The number of dihydropyridines is 1. The normalized spacial score (nSPS) is 23.7. The SMILES string of the molecule is NOC(=O)CCOc1ccc2c(c1)C(CCCN1CCC(O)(c3ccc(Cl)cc3)CC1)C1C=CC=NC1CO2. The van der Waals surface area contributed by atoms with Crippen molar-refractivity contribution in [1.82, 2.24) is 4.90 Å². The van der Waals surface area contributed by atoms with Crippen molar-refractivity contribution in [3.63, 3.8) is 0 Å². The van der Waals surface area contributed by atoms with Gasteiger partial charge in [-0.1, -0.05) is 29.8 Å². The molecule has 2 aromatic rings. The number of rotatable bonds is 9. The van der Waals surface area contributed by atoms with E-state index in [1.54, 1.807) is 0 Å². The van der Waals surface area contributed by atoms with Crippen molar-refractivity contribution in [3.8, 4) is 11.5 Å². The van der Waals surface area contributed by atoms with Crippen LogP contribution in [0.2, 0.25) is 5.02 Å². The lowest BCUT2D eigenvalue weighted by Gasteiger charge is -2.39. The van der Waals surface area contributed by atoms with E-state index in [0.29, 0.717) is 30.2 Å². The maximum atomic E-state index is 11.4. The highest BCUT2D eigenvalue weighted by Crippen LogP contribution is 2.43. The minimum absolute atomic E-state index is 0.0699. The molecular formula is C30H36ClN3O5. The van der Waals surface area contributed by atoms with Crippen molar-refractivity contribution in [2.24, 2.45) is 16.8 Å². The summed E-state index contributed by atoms with van der Waals surface area (Å²) < 4.78 is 12.0. The van der Waals surface area contributed by atoms with Gasteiger partial charge in [-0.2, -0.15) is 5.90 Å². The van der Waals surface area contributed by atoms with Crippen LogP contribution in [-0.4, -0.2) is 61.1 Å². The van der Waals surface area contributed by atoms with Crippen LogP contribution in [0.4, 0.5) is 0 Å². The van der Waals surface area contributed by atoms with Gasteiger partial charge < -0.3 is 24.3 Å². The van der Waals surface area contributed by atoms with Gasteiger partial charge in [0.2, 0.25) is 0 Å². The van der Waals surface area contributed by atoms with E-state index >= 15 is 0 Å². The maximum absolute atomic E-state index is 11.4. The molecule has 2 aromatic carbocycles. The molecule has 3 atom stereocenters. The Hall–Kier alpha value is -2.91. The Kier molecular flexibility index (Phi) is 8.87. The van der Waals surface area contributed by atoms with Crippen molar-refractivity contribution < 1.29 is 24.2 Å². The molecule has 39 heavy (non-hydrogen) atoms. The predicted octanol–water partition coefficient (Wildman–Crippen LogP) is 4.39. The summed E-state index contributed by atoms with van der Waals surface area (Å²) in [6.07, 6.45) is 9.61. The summed E-state index contributed by atoms with van der Waals surface area (Å²) in [5.41, 5.74) is 1.25. The van der Waals surface area contributed by atoms with E-state index < -0.39 is 11.6 Å². The van der Waals surface area contributed by atoms with Gasteiger partial charge in [0, 0.05) is 35.8 Å². The quantitative estimate of drug-likeness (QED) is 0.443. The Morgan fingerprint density at radius 2 is 2.00 bits per heavy atom. The molecule has 3 aliphatic rings. The Morgan fingerprint density at radius 1 is 1.21 bits per heavy atom. The first kappa shape index (κ1) is 27.6. The number of aliphatic imine (C=N–C) groups is 1. The molecular weight excluding hydrogens is 518 g/mol. The van der Waals surface area contributed by atoms with Crippen LogP contribution in [0.15, 0.2) is 59.6 Å². The summed E-state index contributed by atoms with van der Waals surface area (Å²) >= 11 is 6.04. The molecule has 0 saturated carbocycles. The number of piperidine rings is 1. The maximum Gasteiger partial charge on any atom is 0.327 e. The zero-order valence-electron chi connectivity index (χ0n) is 22.0. The number of likely N-dealkylation sites (tertiary alicyclic amines) is 1. The fraction of sp³-hybridized carbons (Fsp3) is 0.467. The van der Waals surface area contributed by atoms with Crippen LogP contribution in [0.1, 0.15) is 49.1 Å². The van der Waals surface area contributed by atoms with Gasteiger partial charge in [0.1, 0.15) is 18.1 Å². The van der Waals surface area contributed by atoms with Crippen LogP contribution in [-0.2, 0) is 15.2 Å². The van der Waals surface area contributed by atoms with E-state index in [2.05, 4.69) is 15.8 Å². The zero-order valence-corrected chi connectivity index (χ0v) is 22.8. The van der Waals surface area contributed by atoms with E-state index in [9.17, 15) is 9.90 Å². The number of ether oxygens (including phenoxy) is 2. The third kappa shape index (κ3) is 6.64. The van der Waals surface area contributed by atoms with Crippen LogP contribution in [0, 0.1) is 5.92 Å². The molecule has 9 heteroatoms. The van der Waals surface area contributed by atoms with Crippen LogP contribution in [0.25, 0.3) is 0 Å². The molecule has 0 radical (unpaired) electrons. The average molecular weight is 554 g/mol. The van der Waals surface area contributed by atoms with Crippen molar-refractivity contribution in [3.05, 3.63) is 70.8 Å². The molecule has 0 bridgehead atoms. The highest BCUT2D eigenvalue weighted by atomic mass is 35.5. The largest absolute Gasteiger partial charge is 0.493 e. The monoisotopic (exact) mass is 553 g/mol. The molecule has 3 aliphatic heterocycles. The fourth-order valence-electron chi connectivity index (χ4n) is 5.93. The second-order valence-corrected chi connectivity index (χ2v) is 11.0. The standard InChI is InChI=1S/C30H36ClN3O5/c31-22-7-5-21(6-8-22)30(36)12-16-34(17-13-30)15-2-4-24-25-3-1-14-33-27(25)20-38-28-10-9-23(19-26(24)28)37-18-11-29(35)39-32/h1,3,5-10,14,19,24-25,27,36H,2,4,11-13,15-18,20,32H2. The molecule has 3 N–H and O–H groups in total. The topological polar surface area (TPSA) is 107 Å². The molecule has 1 fully saturated rings. The zero-order chi connectivity index (χ0) is 27.2. The highest BCUT2D eigenvalue weighted by molar-refractivity contribution is 6.30. The number of halogens is 1. The summed E-state index contributed by atoms with van der Waals surface area (Å²) in [6.45, 7) is 3.39. The number of carbonyl (C=O) groups is 1. The van der Waals surface area contributed by atoms with Gasteiger partial charge in [-0.25, -0.2) is 0 Å². The molecule has 8 nitrogen and oxygen atoms in total. The van der Waals surface area contributed by atoms with Crippen LogP contribution >= 0.6 is 11.6 Å². The number of fused-ring (bicyclic) bond motifs is 2. The molecule has 0 amide bonds. The van der Waals surface area contributed by atoms with Crippen LogP contribution in [0.3, 0.4) is 0 Å². The Labute approximate surface area is 234 Å². The lowest BCUT2D eigenvalue weighted by Crippen LogP contribution is -2.43. The second kappa shape index (κ2) is 12.5. The van der Waals surface area contributed by atoms with E-state index in [1.807, 2.05) is 54.8 Å². The summed E-state index contributed by atoms with van der Waals surface area (Å²) in [4.78, 5) is 22.8. The number of nitrogens with two attached hydrogens (primary N) is 1. The smallest absolute Gasteiger partial charge is 0.327 e. The number of hydrogen-bond acceptors (Lipinski definition) is 8. The minimum Gasteiger partial charge on any atom is -0.493 e. The van der Waals surface area contributed by atoms with Gasteiger partial charge in [-0.15, -0.1) is 0 Å². The summed E-state index contributed by atoms with van der Waals surface area (Å²) in [5.74, 6) is 6.41. The van der Waals surface area contributed by atoms with Gasteiger partial charge in [-0.3, -0.25) is 9.79 Å². The van der Waals surface area contributed by atoms with Gasteiger partial charge in [0.15, 0.2) is 0 Å². The fourth-order valence-corrected chi connectivity index (χ4v) is 6.06. The van der Waals surface area contributed by atoms with E-state index in [1.165, 1.54) is 0 Å². The minimum atomic E-state index is -0.798. The van der Waals surface area contributed by atoms with Crippen molar-refractivity contribution in [1.29, 1.82) is 0 Å². The molecule has 208 valence electrons. The van der Waals surface area contributed by atoms with Gasteiger partial charge in [0.05, 0.1) is 24.7 Å². The van der Waals surface area contributed by atoms with E-state index in [-0.39, 0.29) is 30.9 Å². The lowest BCUT2D eigenvalue weighted by molar-refractivity contribution is -0.144. The highest BCUT2D eigenvalue weighted by Gasteiger charge is 2.36. The van der Waals surface area contributed by atoms with Crippen molar-refractivity contribution in [2.75, 3.05) is 32.8 Å². The number of hydrogen-bond donors (Lipinski definition) is 2. The first-order valence-corrected chi connectivity index (χ1v) is 14.0. The van der Waals surface area contributed by atoms with Crippen molar-refractivity contribution in [2.45, 2.75) is 49.7 Å². The number of carbonyl (C=O) groups excluding carboxylic acids is 1. The third-order valence-electron chi connectivity index (χ3n) is 8.16. The number of allylic oxidation sites excluding steroid dienone is 1. The first-order chi connectivity index (χ1) is 18.9. The third-order valence-corrected chi connectivity index (χ3v) is 8.41. The van der Waals surface area contributed by atoms with Gasteiger partial charge in [0.25, 0.3) is 0 Å². The first-order valence-electron chi connectivity index (χ1n) is 13.6. The summed E-state index contributed by atoms with van der Waals surface area (Å²) in [6, 6.07) is 13.5. The summed E-state index contributed by atoms with van der Waals surface area (Å²) in [7, 11) is 0. The molecule has 3 unspecified atom stereocenters. The second-order valence-electron chi connectivity index (χ2n) is 10.6. The van der Waals surface area contributed by atoms with E-state index in [0.717, 1.165) is 49.4 Å². The summed E-state index contributed by atoms with van der Waals surface area (Å²) in [5, 5.41) is 11.9. The van der Waals surface area contributed by atoms with E-state index in [4.69, 9.17) is 32.0 Å². The Bertz CT molecular complexity index is 1190. The predicted molar refractivity (Wildman–Crippen MR) is 150 cm³/mol. The number of nitrogens with zero attached hydrogens (tertiary/aromatic N) is 2. The Morgan fingerprint density at radius 3 is 2.77 bits per heavy atom. The van der Waals surface area contributed by atoms with Crippen LogP contribution in [0.5, 0.6) is 11.5 Å². The van der Waals surface area contributed by atoms with Gasteiger partial charge >= 0.3 is 5.97 Å². The lowest BCUT2D eigenvalue weighted by atomic mass is 9.78. The molecule has 1 saturated heterocycles. The average Bonchev–Trinajstić information content (AvgIpc) is 3.11. The molecule has 0 spiro atoms. The molecule has 0 aliphatic carbocycles. The van der Waals surface area contributed by atoms with Gasteiger partial charge in [-0.05, 0) is 80.1 Å².